The number of nitrogens with zero attached hydrogens (tertiary/aromatic N) is 6. The van der Waals surface area contributed by atoms with Crippen molar-refractivity contribution >= 4 is 28.5 Å². The molecular weight excluding hydrogens is 474 g/mol. The lowest BCUT2D eigenvalue weighted by molar-refractivity contribution is 0.0782. The van der Waals surface area contributed by atoms with E-state index in [1.807, 2.05) is 18.2 Å². The van der Waals surface area contributed by atoms with E-state index in [0.717, 1.165) is 42.0 Å². The molecule has 0 radical (unpaired) electrons. The molecule has 37 heavy (non-hydrogen) atoms. The largest absolute Gasteiger partial charge is 0.473 e. The number of fused-ring (bicyclic) bond motifs is 2. The van der Waals surface area contributed by atoms with Gasteiger partial charge in [-0.2, -0.15) is 0 Å². The van der Waals surface area contributed by atoms with Crippen molar-refractivity contribution in [3.05, 3.63) is 36.7 Å². The fourth-order valence-corrected chi connectivity index (χ4v) is 5.24. The topological polar surface area (TPSA) is 121 Å². The smallest absolute Gasteiger partial charge is 0.404 e. The zero-order valence-electron chi connectivity index (χ0n) is 20.8. The lowest BCUT2D eigenvalue weighted by Crippen LogP contribution is -2.48. The average molecular weight is 506 g/mol. The van der Waals surface area contributed by atoms with Crippen LogP contribution in [0.3, 0.4) is 0 Å². The van der Waals surface area contributed by atoms with E-state index in [1.165, 1.54) is 25.9 Å². The molecule has 1 aliphatic carbocycles. The number of nitrogens with one attached hydrogen (secondary N) is 1. The van der Waals surface area contributed by atoms with E-state index < -0.39 is 6.09 Å². The van der Waals surface area contributed by atoms with Crippen LogP contribution >= 0.6 is 0 Å². The molecule has 4 aromatic rings. The maximum absolute atomic E-state index is 10.8. The van der Waals surface area contributed by atoms with Crippen molar-refractivity contribution in [1.82, 2.24) is 29.8 Å². The van der Waals surface area contributed by atoms with Gasteiger partial charge in [-0.05, 0) is 57.1 Å². The number of ether oxygens (including phenoxy) is 1. The summed E-state index contributed by atoms with van der Waals surface area (Å²) in [6.07, 6.45) is 7.39. The third-order valence-corrected chi connectivity index (χ3v) is 7.25. The molecule has 1 saturated carbocycles. The number of carbonyl (C=O) groups is 1. The summed E-state index contributed by atoms with van der Waals surface area (Å²) in [6.45, 7) is 4.47. The van der Waals surface area contributed by atoms with Crippen LogP contribution in [0.25, 0.3) is 28.1 Å². The van der Waals surface area contributed by atoms with Gasteiger partial charge >= 0.3 is 6.09 Å². The number of hydrogen-bond acceptors (Lipinski definition) is 8. The van der Waals surface area contributed by atoms with E-state index in [-0.39, 0.29) is 12.1 Å². The number of hydrogen-bond donors (Lipinski definition) is 2. The van der Waals surface area contributed by atoms with Crippen LogP contribution in [0.5, 0.6) is 5.88 Å². The first-order valence-corrected chi connectivity index (χ1v) is 12.9. The Morgan fingerprint density at radius 2 is 2.08 bits per heavy atom. The van der Waals surface area contributed by atoms with Crippen molar-refractivity contribution in [2.24, 2.45) is 0 Å². The summed E-state index contributed by atoms with van der Waals surface area (Å²) < 4.78 is 13.9. The molecule has 0 spiro atoms. The van der Waals surface area contributed by atoms with Crippen molar-refractivity contribution in [3.8, 4) is 17.3 Å². The highest BCUT2D eigenvalue weighted by Crippen LogP contribution is 2.33. The van der Waals surface area contributed by atoms with E-state index in [0.29, 0.717) is 30.1 Å². The van der Waals surface area contributed by atoms with Gasteiger partial charge in [0.05, 0.1) is 11.6 Å². The monoisotopic (exact) mass is 505 g/mol. The second-order valence-corrected chi connectivity index (χ2v) is 9.92. The predicted octanol–water partition coefficient (Wildman–Crippen LogP) is 3.64. The number of furan rings is 1. The van der Waals surface area contributed by atoms with Crippen molar-refractivity contribution in [2.75, 3.05) is 38.1 Å². The van der Waals surface area contributed by atoms with E-state index in [1.54, 1.807) is 23.0 Å². The van der Waals surface area contributed by atoms with Crippen LogP contribution in [-0.2, 0) is 0 Å². The highest BCUT2D eigenvalue weighted by molar-refractivity contribution is 5.91. The van der Waals surface area contributed by atoms with Gasteiger partial charge in [-0.1, -0.05) is 0 Å². The number of likely N-dealkylation sites (tertiary alicyclic amines) is 1. The molecule has 11 heteroatoms. The fourth-order valence-electron chi connectivity index (χ4n) is 5.24. The molecular formula is C26H31N7O4. The van der Waals surface area contributed by atoms with Gasteiger partial charge in [0.2, 0.25) is 5.88 Å². The van der Waals surface area contributed by atoms with Crippen LogP contribution in [0.2, 0.25) is 0 Å². The summed E-state index contributed by atoms with van der Waals surface area (Å²) >= 11 is 0. The molecule has 6 rings (SSSR count). The molecule has 1 amide bonds. The predicted molar refractivity (Wildman–Crippen MR) is 138 cm³/mol. The highest BCUT2D eigenvalue weighted by atomic mass is 16.5. The van der Waals surface area contributed by atoms with Crippen molar-refractivity contribution in [2.45, 2.75) is 44.2 Å². The zero-order valence-corrected chi connectivity index (χ0v) is 20.8. The normalized spacial score (nSPS) is 19.8. The van der Waals surface area contributed by atoms with Crippen LogP contribution < -0.4 is 15.0 Å². The van der Waals surface area contributed by atoms with Gasteiger partial charge in [0.15, 0.2) is 11.4 Å². The highest BCUT2D eigenvalue weighted by Gasteiger charge is 2.32. The molecule has 5 heterocycles. The number of aromatic nitrogens is 4. The molecule has 0 bridgehead atoms. The fraction of sp³-hybridized carbons (Fsp3) is 0.462. The van der Waals surface area contributed by atoms with Gasteiger partial charge in [-0.3, -0.25) is 0 Å². The summed E-state index contributed by atoms with van der Waals surface area (Å²) in [6, 6.07) is 7.43. The molecule has 2 fully saturated rings. The van der Waals surface area contributed by atoms with Crippen LogP contribution in [0, 0.1) is 0 Å². The van der Waals surface area contributed by atoms with Gasteiger partial charge in [0.25, 0.3) is 0 Å². The quantitative estimate of drug-likeness (QED) is 0.351. The number of anilines is 1. The molecule has 0 aromatic carbocycles. The van der Waals surface area contributed by atoms with Crippen LogP contribution in [0.1, 0.15) is 32.1 Å². The van der Waals surface area contributed by atoms with Gasteiger partial charge in [-0.15, -0.1) is 5.10 Å². The molecule has 11 nitrogen and oxygen atoms in total. The standard InChI is InChI=1S/C26H31N7O4/c1-31(9-4-12-32-10-2-3-11-32)25-19-15-22(37-21(19)7-8-27-25)20-16-28-23-5-6-24(30-33(20)23)36-18-13-17(14-18)29-26(34)35/h5-8,15-18,29H,2-4,9-14H2,1H3,(H,34,35)/t17-,18-. The Labute approximate surface area is 214 Å². The minimum atomic E-state index is -1.01. The van der Waals surface area contributed by atoms with E-state index in [2.05, 4.69) is 37.2 Å². The number of amides is 1. The Morgan fingerprint density at radius 1 is 1.24 bits per heavy atom. The average Bonchev–Trinajstić information content (AvgIpc) is 3.61. The van der Waals surface area contributed by atoms with E-state index in [4.69, 9.17) is 14.3 Å². The van der Waals surface area contributed by atoms with Crippen molar-refractivity contribution in [3.63, 3.8) is 0 Å². The Morgan fingerprint density at radius 3 is 2.89 bits per heavy atom. The first-order valence-electron chi connectivity index (χ1n) is 12.9. The molecule has 1 aliphatic heterocycles. The minimum Gasteiger partial charge on any atom is -0.473 e. The first kappa shape index (κ1) is 23.5. The second-order valence-electron chi connectivity index (χ2n) is 9.92. The maximum Gasteiger partial charge on any atom is 0.404 e. The summed E-state index contributed by atoms with van der Waals surface area (Å²) in [5, 5.41) is 16.9. The number of rotatable bonds is 9. The van der Waals surface area contributed by atoms with Gasteiger partial charge in [0, 0.05) is 44.7 Å². The van der Waals surface area contributed by atoms with Crippen LogP contribution in [0.4, 0.5) is 10.6 Å². The SMILES string of the molecule is CN(CCCN1CCCC1)c1nccc2oc(-c3cnc4ccc(O[C@H]5C[C@H](NC(=O)O)C5)nn34)cc12. The lowest BCUT2D eigenvalue weighted by atomic mass is 9.89. The zero-order chi connectivity index (χ0) is 25.4. The van der Waals surface area contributed by atoms with Crippen molar-refractivity contribution < 1.29 is 19.1 Å². The molecule has 1 saturated heterocycles. The second kappa shape index (κ2) is 9.89. The third kappa shape index (κ3) is 4.91. The summed E-state index contributed by atoms with van der Waals surface area (Å²) in [4.78, 5) is 24.6. The lowest BCUT2D eigenvalue weighted by Gasteiger charge is -2.34. The molecule has 2 N–H and O–H groups in total. The maximum atomic E-state index is 10.8. The van der Waals surface area contributed by atoms with E-state index in [9.17, 15) is 4.79 Å². The third-order valence-electron chi connectivity index (χ3n) is 7.25. The van der Waals surface area contributed by atoms with Crippen molar-refractivity contribution in [1.29, 1.82) is 0 Å². The number of pyridine rings is 1. The Hall–Kier alpha value is -3.86. The molecule has 2 aliphatic rings. The van der Waals surface area contributed by atoms with Gasteiger partial charge in [0.1, 0.15) is 23.2 Å². The number of imidazole rings is 1. The Balaban J connectivity index is 1.19. The molecule has 4 aromatic heterocycles. The summed E-state index contributed by atoms with van der Waals surface area (Å²) in [7, 11) is 2.08. The Bertz CT molecular complexity index is 1400. The van der Waals surface area contributed by atoms with Crippen LogP contribution in [0.15, 0.2) is 41.1 Å². The summed E-state index contributed by atoms with van der Waals surface area (Å²) in [5.74, 6) is 2.01. The minimum absolute atomic E-state index is 0.0744. The van der Waals surface area contributed by atoms with Gasteiger partial charge in [-0.25, -0.2) is 19.3 Å². The first-order chi connectivity index (χ1) is 18.0. The van der Waals surface area contributed by atoms with Crippen LogP contribution in [-0.4, -0.2) is 81.1 Å². The summed E-state index contributed by atoms with van der Waals surface area (Å²) in [5.41, 5.74) is 2.16. The molecule has 194 valence electrons. The number of carboxylic acid groups (broad SMARTS) is 1. The Kier molecular flexibility index (Phi) is 6.29. The van der Waals surface area contributed by atoms with Gasteiger partial charge < -0.3 is 29.4 Å². The molecule has 0 atom stereocenters. The van der Waals surface area contributed by atoms with E-state index >= 15 is 0 Å². The molecule has 0 unspecified atom stereocenters.